The van der Waals surface area contributed by atoms with Gasteiger partial charge in [-0.05, 0) is 42.9 Å². The SMILES string of the molecule is CC(C)Cn1nccc1NC(=O)CC1CC2CCC1C2. The van der Waals surface area contributed by atoms with Gasteiger partial charge in [0.1, 0.15) is 5.82 Å². The molecule has 2 fully saturated rings. The molecule has 1 amide bonds. The fourth-order valence-electron chi connectivity index (χ4n) is 3.99. The molecule has 110 valence electrons. The van der Waals surface area contributed by atoms with E-state index < -0.39 is 0 Å². The normalized spacial score (nSPS) is 28.2. The van der Waals surface area contributed by atoms with Crippen molar-refractivity contribution in [2.45, 2.75) is 52.5 Å². The van der Waals surface area contributed by atoms with Gasteiger partial charge in [0.25, 0.3) is 0 Å². The second-order valence-electron chi connectivity index (χ2n) is 6.98. The minimum Gasteiger partial charge on any atom is -0.311 e. The van der Waals surface area contributed by atoms with Gasteiger partial charge in [-0.1, -0.05) is 20.3 Å². The molecule has 3 atom stereocenters. The van der Waals surface area contributed by atoms with Crippen molar-refractivity contribution < 1.29 is 4.79 Å². The standard InChI is InChI=1S/C16H25N3O/c1-11(2)10-19-15(5-6-17-19)18-16(20)9-14-8-12-3-4-13(14)7-12/h5-6,11-14H,3-4,7-10H2,1-2H3,(H,18,20). The van der Waals surface area contributed by atoms with E-state index in [1.54, 1.807) is 6.20 Å². The van der Waals surface area contributed by atoms with E-state index >= 15 is 0 Å². The topological polar surface area (TPSA) is 46.9 Å². The molecule has 4 nitrogen and oxygen atoms in total. The van der Waals surface area contributed by atoms with Gasteiger partial charge in [-0.15, -0.1) is 0 Å². The van der Waals surface area contributed by atoms with E-state index in [1.165, 1.54) is 25.7 Å². The molecular weight excluding hydrogens is 250 g/mol. The zero-order valence-electron chi connectivity index (χ0n) is 12.5. The maximum atomic E-state index is 12.2. The highest BCUT2D eigenvalue weighted by molar-refractivity contribution is 5.90. The number of nitrogens with zero attached hydrogens (tertiary/aromatic N) is 2. The maximum Gasteiger partial charge on any atom is 0.225 e. The average Bonchev–Trinajstić information content (AvgIpc) is 3.06. The van der Waals surface area contributed by atoms with Gasteiger partial charge in [0.15, 0.2) is 0 Å². The summed E-state index contributed by atoms with van der Waals surface area (Å²) in [6.45, 7) is 5.15. The van der Waals surface area contributed by atoms with Crippen LogP contribution in [0.3, 0.4) is 0 Å². The van der Waals surface area contributed by atoms with Crippen molar-refractivity contribution >= 4 is 11.7 Å². The van der Waals surface area contributed by atoms with Crippen molar-refractivity contribution in [2.24, 2.45) is 23.7 Å². The van der Waals surface area contributed by atoms with Crippen LogP contribution in [0.5, 0.6) is 0 Å². The van der Waals surface area contributed by atoms with Crippen molar-refractivity contribution in [3.63, 3.8) is 0 Å². The first-order chi connectivity index (χ1) is 9.61. The van der Waals surface area contributed by atoms with E-state index in [2.05, 4.69) is 24.3 Å². The van der Waals surface area contributed by atoms with Crippen molar-refractivity contribution in [1.29, 1.82) is 0 Å². The highest BCUT2D eigenvalue weighted by atomic mass is 16.1. The summed E-state index contributed by atoms with van der Waals surface area (Å²) in [6.07, 6.45) is 7.81. The minimum absolute atomic E-state index is 0.160. The van der Waals surface area contributed by atoms with Crippen LogP contribution in [0.1, 0.15) is 46.0 Å². The fourth-order valence-corrected chi connectivity index (χ4v) is 3.99. The number of hydrogen-bond acceptors (Lipinski definition) is 2. The maximum absolute atomic E-state index is 12.2. The molecule has 2 aliphatic rings. The first kappa shape index (κ1) is 13.7. The van der Waals surface area contributed by atoms with E-state index in [0.717, 1.165) is 24.2 Å². The Labute approximate surface area is 120 Å². The number of amides is 1. The van der Waals surface area contributed by atoms with Crippen molar-refractivity contribution in [1.82, 2.24) is 9.78 Å². The molecule has 0 saturated heterocycles. The van der Waals surface area contributed by atoms with Crippen LogP contribution in [-0.2, 0) is 11.3 Å². The van der Waals surface area contributed by atoms with E-state index in [9.17, 15) is 4.79 Å². The molecule has 0 aliphatic heterocycles. The Kier molecular flexibility index (Phi) is 3.81. The molecule has 0 radical (unpaired) electrons. The van der Waals surface area contributed by atoms with Gasteiger partial charge in [-0.2, -0.15) is 5.10 Å². The summed E-state index contributed by atoms with van der Waals surface area (Å²) in [5, 5.41) is 7.33. The Morgan fingerprint density at radius 3 is 2.95 bits per heavy atom. The molecule has 1 heterocycles. The zero-order chi connectivity index (χ0) is 14.1. The smallest absolute Gasteiger partial charge is 0.225 e. The monoisotopic (exact) mass is 275 g/mol. The predicted molar refractivity (Wildman–Crippen MR) is 79.2 cm³/mol. The van der Waals surface area contributed by atoms with Gasteiger partial charge in [0.2, 0.25) is 5.91 Å². The summed E-state index contributed by atoms with van der Waals surface area (Å²) in [6, 6.07) is 1.89. The minimum atomic E-state index is 0.160. The molecule has 20 heavy (non-hydrogen) atoms. The van der Waals surface area contributed by atoms with Gasteiger partial charge in [0, 0.05) is 19.0 Å². The van der Waals surface area contributed by atoms with Crippen molar-refractivity contribution in [3.8, 4) is 0 Å². The molecule has 4 heteroatoms. The van der Waals surface area contributed by atoms with E-state index in [1.807, 2.05) is 10.7 Å². The molecule has 1 N–H and O–H groups in total. The van der Waals surface area contributed by atoms with Crippen LogP contribution in [0.4, 0.5) is 5.82 Å². The Morgan fingerprint density at radius 2 is 2.30 bits per heavy atom. The van der Waals surface area contributed by atoms with E-state index in [0.29, 0.717) is 18.3 Å². The van der Waals surface area contributed by atoms with Crippen LogP contribution < -0.4 is 5.32 Å². The third-order valence-corrected chi connectivity index (χ3v) is 4.85. The summed E-state index contributed by atoms with van der Waals surface area (Å²) in [5.41, 5.74) is 0. The first-order valence-electron chi connectivity index (χ1n) is 7.93. The lowest BCUT2D eigenvalue weighted by Crippen LogP contribution is -2.22. The van der Waals surface area contributed by atoms with Crippen LogP contribution >= 0.6 is 0 Å². The quantitative estimate of drug-likeness (QED) is 0.896. The number of aromatic nitrogens is 2. The number of carbonyl (C=O) groups is 1. The molecule has 3 unspecified atom stereocenters. The molecule has 1 aromatic rings. The predicted octanol–water partition coefficient (Wildman–Crippen LogP) is 3.30. The van der Waals surface area contributed by atoms with Gasteiger partial charge >= 0.3 is 0 Å². The zero-order valence-corrected chi connectivity index (χ0v) is 12.5. The largest absolute Gasteiger partial charge is 0.311 e. The van der Waals surface area contributed by atoms with Crippen molar-refractivity contribution in [3.05, 3.63) is 12.3 Å². The summed E-state index contributed by atoms with van der Waals surface area (Å²) in [7, 11) is 0. The summed E-state index contributed by atoms with van der Waals surface area (Å²) >= 11 is 0. The van der Waals surface area contributed by atoms with E-state index in [4.69, 9.17) is 0 Å². The highest BCUT2D eigenvalue weighted by Crippen LogP contribution is 2.49. The number of anilines is 1. The van der Waals surface area contributed by atoms with Gasteiger partial charge in [0.05, 0.1) is 6.20 Å². The first-order valence-corrected chi connectivity index (χ1v) is 7.93. The molecule has 2 aliphatic carbocycles. The third kappa shape index (κ3) is 2.89. The van der Waals surface area contributed by atoms with E-state index in [-0.39, 0.29) is 5.91 Å². The van der Waals surface area contributed by atoms with Crippen LogP contribution in [0, 0.1) is 23.7 Å². The second kappa shape index (κ2) is 5.58. The number of rotatable bonds is 5. The van der Waals surface area contributed by atoms with Crippen LogP contribution in [-0.4, -0.2) is 15.7 Å². The number of carbonyl (C=O) groups excluding carboxylic acids is 1. The number of nitrogens with one attached hydrogen (secondary N) is 1. The summed E-state index contributed by atoms with van der Waals surface area (Å²) in [5.74, 6) is 3.86. The molecule has 2 saturated carbocycles. The van der Waals surface area contributed by atoms with Crippen LogP contribution in [0.2, 0.25) is 0 Å². The molecule has 2 bridgehead atoms. The Bertz CT molecular complexity index is 480. The summed E-state index contributed by atoms with van der Waals surface area (Å²) in [4.78, 5) is 12.2. The Balaban J connectivity index is 1.55. The van der Waals surface area contributed by atoms with Crippen molar-refractivity contribution in [2.75, 3.05) is 5.32 Å². The molecule has 0 spiro atoms. The number of hydrogen-bond donors (Lipinski definition) is 1. The van der Waals surface area contributed by atoms with Gasteiger partial charge < -0.3 is 5.32 Å². The molecule has 0 aromatic carbocycles. The second-order valence-corrected chi connectivity index (χ2v) is 6.98. The summed E-state index contributed by atoms with van der Waals surface area (Å²) < 4.78 is 1.89. The number of fused-ring (bicyclic) bond motifs is 2. The van der Waals surface area contributed by atoms with Gasteiger partial charge in [-0.25, -0.2) is 4.68 Å². The lowest BCUT2D eigenvalue weighted by molar-refractivity contribution is -0.117. The molecular formula is C16H25N3O. The van der Waals surface area contributed by atoms with Crippen LogP contribution in [0.25, 0.3) is 0 Å². The Morgan fingerprint density at radius 1 is 1.45 bits per heavy atom. The van der Waals surface area contributed by atoms with Gasteiger partial charge in [-0.3, -0.25) is 4.79 Å². The lowest BCUT2D eigenvalue weighted by atomic mass is 9.86. The van der Waals surface area contributed by atoms with Crippen LogP contribution in [0.15, 0.2) is 12.3 Å². The molecule has 1 aromatic heterocycles. The Hall–Kier alpha value is -1.32. The fraction of sp³-hybridized carbons (Fsp3) is 0.750. The third-order valence-electron chi connectivity index (χ3n) is 4.85. The molecule has 3 rings (SSSR count). The average molecular weight is 275 g/mol. The highest BCUT2D eigenvalue weighted by Gasteiger charge is 2.40. The lowest BCUT2D eigenvalue weighted by Gasteiger charge is -2.21.